The lowest BCUT2D eigenvalue weighted by atomic mass is 9.98. The number of benzene rings is 1. The fraction of sp³-hybridized carbons (Fsp3) is 0.250. The summed E-state index contributed by atoms with van der Waals surface area (Å²) in [6.07, 6.45) is 2.19. The highest BCUT2D eigenvalue weighted by atomic mass is 16.6. The van der Waals surface area contributed by atoms with E-state index >= 15 is 0 Å². The number of hydrogen-bond acceptors (Lipinski definition) is 7. The largest absolute Gasteiger partial charge is 0.399 e. The van der Waals surface area contributed by atoms with E-state index in [9.17, 15) is 4.79 Å². The van der Waals surface area contributed by atoms with Crippen molar-refractivity contribution in [3.05, 3.63) is 53.4 Å². The topological polar surface area (TPSA) is 86.3 Å². The van der Waals surface area contributed by atoms with E-state index in [1.165, 1.54) is 20.3 Å². The van der Waals surface area contributed by atoms with Crippen LogP contribution >= 0.6 is 0 Å². The Kier molecular flexibility index (Phi) is 5.62. The summed E-state index contributed by atoms with van der Waals surface area (Å²) in [4.78, 5) is 21.1. The van der Waals surface area contributed by atoms with Crippen molar-refractivity contribution >= 4 is 17.7 Å². The number of oxime groups is 2. The second-order valence-electron chi connectivity index (χ2n) is 4.69. The van der Waals surface area contributed by atoms with Crippen LogP contribution in [0.25, 0.3) is 0 Å². The highest BCUT2D eigenvalue weighted by Gasteiger charge is 2.19. The number of ketones is 1. The molecule has 0 N–H and O–H groups in total. The summed E-state index contributed by atoms with van der Waals surface area (Å²) in [6, 6.07) is 9.19. The number of aromatic nitrogens is 1. The number of Topliss-reactive ketones (excluding diaryl/α,β-unsaturated/α-hetero) is 1. The summed E-state index contributed by atoms with van der Waals surface area (Å²) in [6.45, 7) is 3.23. The first-order valence-corrected chi connectivity index (χ1v) is 6.94. The van der Waals surface area contributed by atoms with E-state index in [4.69, 9.17) is 14.2 Å². The van der Waals surface area contributed by atoms with Crippen molar-refractivity contribution in [1.29, 1.82) is 0 Å². The average molecular weight is 315 g/mol. The first kappa shape index (κ1) is 16.4. The zero-order valence-corrected chi connectivity index (χ0v) is 13.1. The van der Waals surface area contributed by atoms with Crippen molar-refractivity contribution in [2.24, 2.45) is 10.3 Å². The number of hydrogen-bond donors (Lipinski definition) is 0. The zero-order valence-electron chi connectivity index (χ0n) is 13.1. The molecule has 2 aromatic rings. The van der Waals surface area contributed by atoms with Crippen LogP contribution in [0.4, 0.5) is 0 Å². The molecule has 0 saturated carbocycles. The molecular weight excluding hydrogens is 298 g/mol. The summed E-state index contributed by atoms with van der Waals surface area (Å²) in [7, 11) is 1.46. The van der Waals surface area contributed by atoms with Gasteiger partial charge in [0.05, 0.1) is 0 Å². The monoisotopic (exact) mass is 315 g/mol. The Labute approximate surface area is 133 Å². The molecule has 0 bridgehead atoms. The molecule has 2 rings (SSSR count). The Bertz CT molecular complexity index is 708. The summed E-state index contributed by atoms with van der Waals surface area (Å²) >= 11 is 0. The highest BCUT2D eigenvalue weighted by molar-refractivity contribution is 6.26. The first-order valence-electron chi connectivity index (χ1n) is 6.94. The van der Waals surface area contributed by atoms with Crippen LogP contribution in [0.15, 0.2) is 51.4 Å². The van der Waals surface area contributed by atoms with Crippen molar-refractivity contribution < 1.29 is 19.0 Å². The van der Waals surface area contributed by atoms with Crippen molar-refractivity contribution in [1.82, 2.24) is 5.16 Å². The summed E-state index contributed by atoms with van der Waals surface area (Å²) in [5.41, 5.74) is 2.65. The molecule has 0 aliphatic carbocycles. The van der Waals surface area contributed by atoms with Crippen molar-refractivity contribution in [3.8, 4) is 0 Å². The first-order chi connectivity index (χ1) is 11.1. The predicted molar refractivity (Wildman–Crippen MR) is 84.3 cm³/mol. The molecule has 120 valence electrons. The second-order valence-corrected chi connectivity index (χ2v) is 4.69. The van der Waals surface area contributed by atoms with E-state index in [-0.39, 0.29) is 5.78 Å². The number of carbonyl (C=O) groups is 1. The van der Waals surface area contributed by atoms with Gasteiger partial charge < -0.3 is 14.2 Å². The smallest absolute Gasteiger partial charge is 0.174 e. The molecule has 23 heavy (non-hydrogen) atoms. The molecule has 7 nitrogen and oxygen atoms in total. The maximum absolute atomic E-state index is 10.9. The van der Waals surface area contributed by atoms with E-state index in [2.05, 4.69) is 15.5 Å². The number of carbonyl (C=O) groups excluding carboxylic acids is 1. The summed E-state index contributed by atoms with van der Waals surface area (Å²) in [5, 5.41) is 11.6. The fourth-order valence-corrected chi connectivity index (χ4v) is 1.98. The van der Waals surface area contributed by atoms with Gasteiger partial charge in [0.25, 0.3) is 0 Å². The molecule has 1 heterocycles. The van der Waals surface area contributed by atoms with Gasteiger partial charge in [-0.1, -0.05) is 39.7 Å². The minimum absolute atomic E-state index is 0.185. The van der Waals surface area contributed by atoms with Gasteiger partial charge in [0, 0.05) is 24.1 Å². The van der Waals surface area contributed by atoms with Crippen LogP contribution < -0.4 is 0 Å². The van der Waals surface area contributed by atoms with Gasteiger partial charge in [-0.15, -0.1) is 0 Å². The van der Waals surface area contributed by atoms with Crippen LogP contribution in [0.1, 0.15) is 36.8 Å². The van der Waals surface area contributed by atoms with Crippen LogP contribution in [0.2, 0.25) is 0 Å². The molecule has 1 atom stereocenters. The Morgan fingerprint density at radius 3 is 2.78 bits per heavy atom. The van der Waals surface area contributed by atoms with E-state index in [0.29, 0.717) is 11.4 Å². The molecule has 0 fully saturated rings. The minimum atomic E-state index is -0.393. The van der Waals surface area contributed by atoms with E-state index < -0.39 is 6.10 Å². The lowest BCUT2D eigenvalue weighted by Crippen LogP contribution is -2.10. The Morgan fingerprint density at radius 1 is 1.35 bits per heavy atom. The van der Waals surface area contributed by atoms with Crippen LogP contribution in [-0.4, -0.2) is 30.0 Å². The maximum Gasteiger partial charge on any atom is 0.174 e. The third kappa shape index (κ3) is 4.26. The fourth-order valence-electron chi connectivity index (χ4n) is 1.98. The van der Waals surface area contributed by atoms with Gasteiger partial charge in [0.1, 0.15) is 37.1 Å². The van der Waals surface area contributed by atoms with Crippen molar-refractivity contribution in [2.45, 2.75) is 20.0 Å². The molecule has 1 aromatic carbocycles. The Balaban J connectivity index is 2.36. The van der Waals surface area contributed by atoms with Crippen LogP contribution in [0, 0.1) is 0 Å². The standard InChI is InChI=1S/C16H17N3O4/c1-11(20)10-17-23-12(2)13-6-4-5-7-14(13)16(19-21-3)15-8-9-22-18-15/h4-10,12H,1-3H3. The quantitative estimate of drug-likeness (QED) is 0.579. The molecule has 0 radical (unpaired) electrons. The lowest BCUT2D eigenvalue weighted by molar-refractivity contribution is -0.110. The molecule has 1 aromatic heterocycles. The molecule has 0 aliphatic rings. The van der Waals surface area contributed by atoms with Crippen LogP contribution in [0.3, 0.4) is 0 Å². The average Bonchev–Trinajstić information content (AvgIpc) is 3.06. The van der Waals surface area contributed by atoms with Gasteiger partial charge in [0.2, 0.25) is 0 Å². The van der Waals surface area contributed by atoms with Crippen LogP contribution in [0.5, 0.6) is 0 Å². The van der Waals surface area contributed by atoms with Crippen molar-refractivity contribution in [2.75, 3.05) is 7.11 Å². The normalized spacial score (nSPS) is 13.1. The predicted octanol–water partition coefficient (Wildman–Crippen LogP) is 2.73. The molecule has 0 amide bonds. The van der Waals surface area contributed by atoms with Gasteiger partial charge in [-0.05, 0) is 6.92 Å². The summed E-state index contributed by atoms with van der Waals surface area (Å²) in [5.74, 6) is -0.185. The zero-order chi connectivity index (χ0) is 16.7. The Morgan fingerprint density at radius 2 is 2.13 bits per heavy atom. The van der Waals surface area contributed by atoms with Crippen molar-refractivity contribution in [3.63, 3.8) is 0 Å². The van der Waals surface area contributed by atoms with Crippen LogP contribution in [-0.2, 0) is 14.5 Å². The van der Waals surface area contributed by atoms with Gasteiger partial charge in [-0.3, -0.25) is 4.79 Å². The molecule has 0 saturated heterocycles. The number of nitrogens with zero attached hydrogens (tertiary/aromatic N) is 3. The molecule has 0 aliphatic heterocycles. The Hall–Kier alpha value is -2.96. The van der Waals surface area contributed by atoms with Gasteiger partial charge in [-0.2, -0.15) is 0 Å². The summed E-state index contributed by atoms with van der Waals surface area (Å²) < 4.78 is 4.88. The van der Waals surface area contributed by atoms with Gasteiger partial charge in [-0.25, -0.2) is 0 Å². The third-order valence-electron chi connectivity index (χ3n) is 2.97. The highest BCUT2D eigenvalue weighted by Crippen LogP contribution is 2.24. The third-order valence-corrected chi connectivity index (χ3v) is 2.97. The van der Waals surface area contributed by atoms with E-state index in [1.807, 2.05) is 31.2 Å². The van der Waals surface area contributed by atoms with Gasteiger partial charge >= 0.3 is 0 Å². The molecular formula is C16H17N3O4. The molecule has 7 heteroatoms. The van der Waals surface area contributed by atoms with E-state index in [1.54, 1.807) is 6.07 Å². The maximum atomic E-state index is 10.9. The number of rotatable bonds is 7. The molecule has 0 spiro atoms. The van der Waals surface area contributed by atoms with Gasteiger partial charge in [0.15, 0.2) is 5.78 Å². The molecule has 1 unspecified atom stereocenters. The lowest BCUT2D eigenvalue weighted by Gasteiger charge is -2.14. The second kappa shape index (κ2) is 7.88. The minimum Gasteiger partial charge on any atom is -0.399 e. The SMILES string of the molecule is CON=C(c1ccon1)c1ccccc1C(C)ON=CC(C)=O. The van der Waals surface area contributed by atoms with E-state index in [0.717, 1.165) is 17.3 Å².